The van der Waals surface area contributed by atoms with Gasteiger partial charge in [-0.15, -0.1) is 0 Å². The van der Waals surface area contributed by atoms with E-state index in [1.165, 1.54) is 128 Å². The van der Waals surface area contributed by atoms with Gasteiger partial charge in [-0.1, -0.05) is 142 Å². The molecule has 254 valence electrons. The second-order valence-electron chi connectivity index (χ2n) is 12.9. The van der Waals surface area contributed by atoms with Gasteiger partial charge in [0.25, 0.3) is 0 Å². The molecule has 2 saturated heterocycles. The summed E-state index contributed by atoms with van der Waals surface area (Å²) in [5, 5.41) is 20.5. The number of aliphatic carboxylic acids is 2. The van der Waals surface area contributed by atoms with E-state index < -0.39 is 11.9 Å². The second kappa shape index (κ2) is 30.1. The zero-order valence-corrected chi connectivity index (χ0v) is 29.0. The first-order valence-corrected chi connectivity index (χ1v) is 18.2. The molecule has 4 atom stereocenters. The minimum absolute atomic E-state index is 0. The van der Waals surface area contributed by atoms with E-state index in [-0.39, 0.29) is 29.9 Å². The fourth-order valence-electron chi connectivity index (χ4n) is 5.92. The van der Waals surface area contributed by atoms with Crippen LogP contribution < -0.4 is 10.2 Å². The first-order chi connectivity index (χ1) is 20.5. The Balaban J connectivity index is 0.000000802. The average molecular weight is 651 g/mol. The summed E-state index contributed by atoms with van der Waals surface area (Å²) in [5.41, 5.74) is 0. The van der Waals surface area contributed by atoms with Crippen molar-refractivity contribution in [3.05, 3.63) is 0 Å². The van der Waals surface area contributed by atoms with Crippen LogP contribution in [0.15, 0.2) is 0 Å². The van der Waals surface area contributed by atoms with Crippen LogP contribution in [-0.4, -0.2) is 36.4 Å². The topological polar surface area (TPSA) is 105 Å². The summed E-state index contributed by atoms with van der Waals surface area (Å²) in [5.74, 6) is -1.84. The van der Waals surface area contributed by atoms with Gasteiger partial charge in [-0.3, -0.25) is 0 Å². The standard InChI is InChI=1S/2C18H34O3.Fe/c2*1-2-3-4-5-7-10-13-16-17(21-16)14-11-8-6-9-12-15-18(19)20;/h2*16-17H,2-15H2,1H3,(H,19,20);/q;;+2/p-2. The molecule has 0 bridgehead atoms. The van der Waals surface area contributed by atoms with Crippen LogP contribution in [0, 0.1) is 0 Å². The van der Waals surface area contributed by atoms with Crippen molar-refractivity contribution in [2.45, 2.75) is 218 Å². The van der Waals surface area contributed by atoms with Crippen LogP contribution in [0.4, 0.5) is 0 Å². The number of hydrogen-bond acceptors (Lipinski definition) is 6. The van der Waals surface area contributed by atoms with Gasteiger partial charge in [0.15, 0.2) is 0 Å². The molecule has 2 rings (SSSR count). The maximum Gasteiger partial charge on any atom is 2.00 e. The van der Waals surface area contributed by atoms with Gasteiger partial charge < -0.3 is 29.3 Å². The molecule has 43 heavy (non-hydrogen) atoms. The predicted octanol–water partition coefficient (Wildman–Crippen LogP) is 7.97. The van der Waals surface area contributed by atoms with Gasteiger partial charge in [0.05, 0.1) is 24.4 Å². The van der Waals surface area contributed by atoms with Crippen molar-refractivity contribution in [1.29, 1.82) is 0 Å². The monoisotopic (exact) mass is 650 g/mol. The minimum Gasteiger partial charge on any atom is -0.550 e. The smallest absolute Gasteiger partial charge is 0.550 e. The quantitative estimate of drug-likeness (QED) is 0.0444. The molecule has 2 fully saturated rings. The Morgan fingerprint density at radius 3 is 0.907 bits per heavy atom. The summed E-state index contributed by atoms with van der Waals surface area (Å²) in [6.07, 6.45) is 34.5. The van der Waals surface area contributed by atoms with E-state index in [0.29, 0.717) is 24.4 Å². The summed E-state index contributed by atoms with van der Waals surface area (Å²) in [7, 11) is 0. The molecule has 2 aliphatic rings. The number of carboxylic acid groups (broad SMARTS) is 2. The zero-order chi connectivity index (χ0) is 30.7. The Labute approximate surface area is 275 Å². The molecular weight excluding hydrogens is 584 g/mol. The van der Waals surface area contributed by atoms with Crippen molar-refractivity contribution in [3.63, 3.8) is 0 Å². The molecular formula is C36H66FeO6. The van der Waals surface area contributed by atoms with Crippen molar-refractivity contribution in [2.24, 2.45) is 0 Å². The van der Waals surface area contributed by atoms with Gasteiger partial charge in [0.1, 0.15) is 0 Å². The first kappa shape index (κ1) is 42.4. The van der Waals surface area contributed by atoms with E-state index in [1.807, 2.05) is 0 Å². The molecule has 0 N–H and O–H groups in total. The van der Waals surface area contributed by atoms with Crippen LogP contribution in [0.3, 0.4) is 0 Å². The number of carbonyl (C=O) groups excluding carboxylic acids is 2. The Morgan fingerprint density at radius 2 is 0.651 bits per heavy atom. The third-order valence-electron chi connectivity index (χ3n) is 8.80. The number of unbranched alkanes of at least 4 members (excludes halogenated alkanes) is 18. The molecule has 0 radical (unpaired) electrons. The molecule has 4 unspecified atom stereocenters. The molecule has 0 aromatic rings. The minimum atomic E-state index is -0.918. The second-order valence-corrected chi connectivity index (χ2v) is 12.9. The maximum atomic E-state index is 10.3. The fraction of sp³-hybridized carbons (Fsp3) is 0.944. The van der Waals surface area contributed by atoms with E-state index in [4.69, 9.17) is 9.47 Å². The van der Waals surface area contributed by atoms with Crippen molar-refractivity contribution >= 4 is 11.9 Å². The van der Waals surface area contributed by atoms with E-state index in [1.54, 1.807) is 0 Å². The molecule has 0 saturated carbocycles. The Kier molecular flexibility index (Phi) is 29.6. The Bertz CT molecular complexity index is 591. The van der Waals surface area contributed by atoms with Gasteiger partial charge in [-0.05, 0) is 51.4 Å². The van der Waals surface area contributed by atoms with E-state index in [9.17, 15) is 19.8 Å². The third-order valence-corrected chi connectivity index (χ3v) is 8.80. The summed E-state index contributed by atoms with van der Waals surface area (Å²) < 4.78 is 11.4. The number of epoxide rings is 2. The zero-order valence-electron chi connectivity index (χ0n) is 27.9. The average Bonchev–Trinajstić information content (AvgIpc) is 3.89. The first-order valence-electron chi connectivity index (χ1n) is 18.2. The molecule has 6 nitrogen and oxygen atoms in total. The van der Waals surface area contributed by atoms with Crippen LogP contribution in [0.2, 0.25) is 0 Å². The largest absolute Gasteiger partial charge is 2.00 e. The van der Waals surface area contributed by atoms with Crippen LogP contribution in [0.25, 0.3) is 0 Å². The third kappa shape index (κ3) is 28.6. The SMILES string of the molecule is CCCCCCCCC1OC1CCCCCCCC(=O)[O-].CCCCCCCCC1OC1CCCCCCCC(=O)[O-].[Fe+2]. The molecule has 2 aliphatic heterocycles. The molecule has 0 aromatic heterocycles. The molecule has 7 heteroatoms. The maximum absolute atomic E-state index is 10.3. The van der Waals surface area contributed by atoms with Crippen molar-refractivity contribution < 1.29 is 46.3 Å². The predicted molar refractivity (Wildman–Crippen MR) is 168 cm³/mol. The number of carbonyl (C=O) groups is 2. The summed E-state index contributed by atoms with van der Waals surface area (Å²) in [4.78, 5) is 20.5. The summed E-state index contributed by atoms with van der Waals surface area (Å²) in [6, 6.07) is 0. The van der Waals surface area contributed by atoms with E-state index in [2.05, 4.69) is 13.8 Å². The molecule has 0 amide bonds. The number of hydrogen-bond donors (Lipinski definition) is 0. The summed E-state index contributed by atoms with van der Waals surface area (Å²) >= 11 is 0. The van der Waals surface area contributed by atoms with Gasteiger partial charge in [-0.2, -0.15) is 0 Å². The fourth-order valence-corrected chi connectivity index (χ4v) is 5.92. The van der Waals surface area contributed by atoms with Crippen LogP contribution >= 0.6 is 0 Å². The molecule has 0 aromatic carbocycles. The van der Waals surface area contributed by atoms with Crippen LogP contribution in [-0.2, 0) is 36.1 Å². The van der Waals surface area contributed by atoms with Gasteiger partial charge in [-0.25, -0.2) is 0 Å². The Hall–Kier alpha value is -0.621. The molecule has 0 aliphatic carbocycles. The van der Waals surface area contributed by atoms with Crippen molar-refractivity contribution in [3.8, 4) is 0 Å². The van der Waals surface area contributed by atoms with E-state index in [0.717, 1.165) is 38.5 Å². The van der Waals surface area contributed by atoms with E-state index >= 15 is 0 Å². The Morgan fingerprint density at radius 1 is 0.419 bits per heavy atom. The van der Waals surface area contributed by atoms with Gasteiger partial charge in [0.2, 0.25) is 0 Å². The number of carboxylic acids is 2. The molecule has 0 spiro atoms. The van der Waals surface area contributed by atoms with Gasteiger partial charge >= 0.3 is 17.1 Å². The number of rotatable bonds is 30. The number of ether oxygens (including phenoxy) is 2. The van der Waals surface area contributed by atoms with Gasteiger partial charge in [0, 0.05) is 11.9 Å². The van der Waals surface area contributed by atoms with Crippen LogP contribution in [0.5, 0.6) is 0 Å². The van der Waals surface area contributed by atoms with Crippen LogP contribution in [0.1, 0.15) is 194 Å². The van der Waals surface area contributed by atoms with Crippen molar-refractivity contribution in [2.75, 3.05) is 0 Å². The summed E-state index contributed by atoms with van der Waals surface area (Å²) in [6.45, 7) is 4.51. The normalized spacial score (nSPS) is 20.1. The van der Waals surface area contributed by atoms with Crippen molar-refractivity contribution in [1.82, 2.24) is 0 Å². The molecule has 2 heterocycles.